The summed E-state index contributed by atoms with van der Waals surface area (Å²) in [6, 6.07) is 11.3. The Morgan fingerprint density at radius 2 is 2.04 bits per heavy atom. The summed E-state index contributed by atoms with van der Waals surface area (Å²) in [6.07, 6.45) is -0.0980. The molecule has 1 aliphatic heterocycles. The first-order valence-electron chi connectivity index (χ1n) is 7.88. The van der Waals surface area contributed by atoms with Gasteiger partial charge in [-0.25, -0.2) is 4.98 Å². The normalized spacial score (nSPS) is 17.5. The number of rotatable bonds is 6. The smallest absolute Gasteiger partial charge is 0.143 e. The van der Waals surface area contributed by atoms with E-state index < -0.39 is 0 Å². The highest BCUT2D eigenvalue weighted by atomic mass is 16.6. The molecular formula is C18H21NO5. The number of aliphatic hydroxyl groups excluding tert-OH is 1. The molecule has 2 aromatic rings. The topological polar surface area (TPSA) is 70.0 Å². The minimum absolute atomic E-state index is 0.0980. The predicted octanol–water partition coefficient (Wildman–Crippen LogP) is 2.04. The summed E-state index contributed by atoms with van der Waals surface area (Å²) >= 11 is 0. The van der Waals surface area contributed by atoms with Crippen molar-refractivity contribution in [1.29, 1.82) is 0 Å². The molecule has 0 unspecified atom stereocenters. The Hall–Kier alpha value is -2.15. The molecule has 0 aliphatic carbocycles. The van der Waals surface area contributed by atoms with Crippen LogP contribution in [0.4, 0.5) is 0 Å². The van der Waals surface area contributed by atoms with Crippen molar-refractivity contribution >= 4 is 0 Å². The third-order valence-electron chi connectivity index (χ3n) is 3.77. The fourth-order valence-electron chi connectivity index (χ4n) is 2.56. The summed E-state index contributed by atoms with van der Waals surface area (Å²) in [7, 11) is 1.62. The molecule has 1 atom stereocenters. The van der Waals surface area contributed by atoms with Crippen LogP contribution in [0.3, 0.4) is 0 Å². The number of aliphatic hydroxyl groups is 1. The van der Waals surface area contributed by atoms with Crippen molar-refractivity contribution in [1.82, 2.24) is 4.98 Å². The van der Waals surface area contributed by atoms with E-state index in [-0.39, 0.29) is 12.7 Å². The van der Waals surface area contributed by atoms with Crippen molar-refractivity contribution < 1.29 is 24.1 Å². The standard InChI is InChI=1S/C18H21NO5/c1-21-17-5-3-2-4-14(17)15-6-7-18(16(10-20)19-15)24-12-13-11-22-8-9-23-13/h2-7,13,20H,8-12H2,1H3/t13-/m0/s1. The van der Waals surface area contributed by atoms with Gasteiger partial charge < -0.3 is 24.1 Å². The molecule has 0 amide bonds. The lowest BCUT2D eigenvalue weighted by Crippen LogP contribution is -2.33. The van der Waals surface area contributed by atoms with Gasteiger partial charge in [0, 0.05) is 5.56 Å². The lowest BCUT2D eigenvalue weighted by molar-refractivity contribution is -0.101. The lowest BCUT2D eigenvalue weighted by atomic mass is 10.1. The number of pyridine rings is 1. The summed E-state index contributed by atoms with van der Waals surface area (Å²) < 4.78 is 22.0. The van der Waals surface area contributed by atoms with Crippen molar-refractivity contribution in [2.24, 2.45) is 0 Å². The summed E-state index contributed by atoms with van der Waals surface area (Å²) in [6.45, 7) is 1.86. The molecule has 0 radical (unpaired) electrons. The molecule has 6 heteroatoms. The quantitative estimate of drug-likeness (QED) is 0.873. The molecule has 1 aliphatic rings. The molecule has 1 aromatic heterocycles. The largest absolute Gasteiger partial charge is 0.496 e. The zero-order valence-corrected chi connectivity index (χ0v) is 13.6. The van der Waals surface area contributed by atoms with Crippen molar-refractivity contribution in [3.63, 3.8) is 0 Å². The number of hydrogen-bond donors (Lipinski definition) is 1. The number of aromatic nitrogens is 1. The van der Waals surface area contributed by atoms with E-state index in [1.807, 2.05) is 36.4 Å². The van der Waals surface area contributed by atoms with Crippen LogP contribution in [0.25, 0.3) is 11.3 Å². The monoisotopic (exact) mass is 331 g/mol. The van der Waals surface area contributed by atoms with E-state index in [9.17, 15) is 5.11 Å². The van der Waals surface area contributed by atoms with Crippen LogP contribution in [0.2, 0.25) is 0 Å². The Morgan fingerprint density at radius 1 is 1.17 bits per heavy atom. The van der Waals surface area contributed by atoms with Gasteiger partial charge in [0.15, 0.2) is 0 Å². The van der Waals surface area contributed by atoms with Gasteiger partial charge in [0.1, 0.15) is 29.9 Å². The predicted molar refractivity (Wildman–Crippen MR) is 88.2 cm³/mol. The summed E-state index contributed by atoms with van der Waals surface area (Å²) in [4.78, 5) is 4.51. The molecule has 1 saturated heterocycles. The maximum Gasteiger partial charge on any atom is 0.143 e. The van der Waals surface area contributed by atoms with Crippen molar-refractivity contribution in [2.45, 2.75) is 12.7 Å². The average Bonchev–Trinajstić information content (AvgIpc) is 2.67. The van der Waals surface area contributed by atoms with Gasteiger partial charge in [-0.15, -0.1) is 0 Å². The molecule has 1 fully saturated rings. The van der Waals surface area contributed by atoms with Crippen molar-refractivity contribution in [2.75, 3.05) is 33.5 Å². The lowest BCUT2D eigenvalue weighted by Gasteiger charge is -2.23. The van der Waals surface area contributed by atoms with Gasteiger partial charge in [0.05, 0.1) is 39.2 Å². The van der Waals surface area contributed by atoms with Gasteiger partial charge in [0.25, 0.3) is 0 Å². The van der Waals surface area contributed by atoms with Gasteiger partial charge in [-0.3, -0.25) is 0 Å². The maximum absolute atomic E-state index is 9.62. The van der Waals surface area contributed by atoms with E-state index in [0.29, 0.717) is 37.9 Å². The number of ether oxygens (including phenoxy) is 4. The fourth-order valence-corrected chi connectivity index (χ4v) is 2.56. The number of nitrogens with zero attached hydrogens (tertiary/aromatic N) is 1. The molecule has 0 bridgehead atoms. The second-order valence-electron chi connectivity index (χ2n) is 5.38. The summed E-state index contributed by atoms with van der Waals surface area (Å²) in [5.74, 6) is 1.28. The molecule has 1 aromatic carbocycles. The first kappa shape index (κ1) is 16.7. The average molecular weight is 331 g/mol. The van der Waals surface area contributed by atoms with Crippen LogP contribution in [0, 0.1) is 0 Å². The van der Waals surface area contributed by atoms with Crippen LogP contribution in [-0.2, 0) is 16.1 Å². The zero-order valence-electron chi connectivity index (χ0n) is 13.6. The Kier molecular flexibility index (Phi) is 5.63. The first-order valence-corrected chi connectivity index (χ1v) is 7.88. The van der Waals surface area contributed by atoms with Crippen LogP contribution in [0.1, 0.15) is 5.69 Å². The van der Waals surface area contributed by atoms with Crippen LogP contribution >= 0.6 is 0 Å². The highest BCUT2D eigenvalue weighted by Crippen LogP contribution is 2.30. The van der Waals surface area contributed by atoms with Crippen molar-refractivity contribution in [3.8, 4) is 22.8 Å². The summed E-state index contributed by atoms with van der Waals surface area (Å²) in [5, 5.41) is 9.62. The van der Waals surface area contributed by atoms with E-state index in [4.69, 9.17) is 18.9 Å². The third-order valence-corrected chi connectivity index (χ3v) is 3.77. The number of hydrogen-bond acceptors (Lipinski definition) is 6. The van der Waals surface area contributed by atoms with E-state index in [1.165, 1.54) is 0 Å². The molecule has 24 heavy (non-hydrogen) atoms. The van der Waals surface area contributed by atoms with E-state index in [2.05, 4.69) is 4.98 Å². The van der Waals surface area contributed by atoms with Crippen LogP contribution < -0.4 is 9.47 Å². The van der Waals surface area contributed by atoms with Crippen LogP contribution in [-0.4, -0.2) is 49.7 Å². The zero-order chi connectivity index (χ0) is 16.8. The van der Waals surface area contributed by atoms with Crippen LogP contribution in [0.5, 0.6) is 11.5 Å². The summed E-state index contributed by atoms with van der Waals surface area (Å²) in [5.41, 5.74) is 2.07. The van der Waals surface area contributed by atoms with Gasteiger partial charge in [-0.1, -0.05) is 12.1 Å². The second kappa shape index (κ2) is 8.10. The Balaban J connectivity index is 1.77. The van der Waals surface area contributed by atoms with E-state index >= 15 is 0 Å². The van der Waals surface area contributed by atoms with E-state index in [1.54, 1.807) is 7.11 Å². The van der Waals surface area contributed by atoms with Gasteiger partial charge in [-0.05, 0) is 24.3 Å². The number of para-hydroxylation sites is 1. The molecule has 128 valence electrons. The molecule has 3 rings (SSSR count). The molecule has 6 nitrogen and oxygen atoms in total. The molecule has 1 N–H and O–H groups in total. The molecule has 0 spiro atoms. The minimum atomic E-state index is -0.208. The second-order valence-corrected chi connectivity index (χ2v) is 5.38. The SMILES string of the molecule is COc1ccccc1-c1ccc(OC[C@@H]2COCCO2)c(CO)n1. The number of benzene rings is 1. The first-order chi connectivity index (χ1) is 11.8. The molecule has 0 saturated carbocycles. The molecular weight excluding hydrogens is 310 g/mol. The Morgan fingerprint density at radius 3 is 2.79 bits per heavy atom. The highest BCUT2D eigenvalue weighted by Gasteiger charge is 2.17. The third kappa shape index (κ3) is 3.84. The fraction of sp³-hybridized carbons (Fsp3) is 0.389. The Bertz CT molecular complexity index is 670. The Labute approximate surface area is 141 Å². The van der Waals surface area contributed by atoms with E-state index in [0.717, 1.165) is 17.0 Å². The number of methoxy groups -OCH3 is 1. The van der Waals surface area contributed by atoms with Gasteiger partial charge in [0.2, 0.25) is 0 Å². The van der Waals surface area contributed by atoms with Crippen LogP contribution in [0.15, 0.2) is 36.4 Å². The van der Waals surface area contributed by atoms with Gasteiger partial charge in [-0.2, -0.15) is 0 Å². The van der Waals surface area contributed by atoms with Crippen molar-refractivity contribution in [3.05, 3.63) is 42.1 Å². The van der Waals surface area contributed by atoms with Gasteiger partial charge >= 0.3 is 0 Å². The maximum atomic E-state index is 9.62. The minimum Gasteiger partial charge on any atom is -0.496 e. The highest BCUT2D eigenvalue weighted by molar-refractivity contribution is 5.67. The molecule has 2 heterocycles.